The molecule has 1 aromatic rings. The first-order chi connectivity index (χ1) is 11.1. The van der Waals surface area contributed by atoms with Crippen molar-refractivity contribution in [2.24, 2.45) is 0 Å². The van der Waals surface area contributed by atoms with Gasteiger partial charge in [0, 0.05) is 13.1 Å². The molecule has 24 heavy (non-hydrogen) atoms. The molecule has 1 saturated heterocycles. The fraction of sp³-hybridized carbons (Fsp3) is 0.529. The molecule has 0 N–H and O–H groups in total. The van der Waals surface area contributed by atoms with E-state index in [4.69, 9.17) is 10.00 Å². The van der Waals surface area contributed by atoms with Crippen LogP contribution < -0.4 is 0 Å². The van der Waals surface area contributed by atoms with E-state index < -0.39 is 26.8 Å². The van der Waals surface area contributed by atoms with E-state index >= 15 is 0 Å². The lowest BCUT2D eigenvalue weighted by Gasteiger charge is -2.33. The van der Waals surface area contributed by atoms with Crippen LogP contribution in [0.25, 0.3) is 0 Å². The van der Waals surface area contributed by atoms with Gasteiger partial charge in [-0.1, -0.05) is 12.1 Å². The van der Waals surface area contributed by atoms with Gasteiger partial charge in [-0.25, -0.2) is 13.2 Å². The number of sulfone groups is 1. The lowest BCUT2D eigenvalue weighted by molar-refractivity contribution is 0.0219. The summed E-state index contributed by atoms with van der Waals surface area (Å²) in [6.45, 7) is 5.86. The number of rotatable bonds is 2. The predicted molar refractivity (Wildman–Crippen MR) is 89.2 cm³/mol. The third-order valence-corrected chi connectivity index (χ3v) is 6.01. The van der Waals surface area contributed by atoms with Crippen LogP contribution in [-0.4, -0.2) is 43.4 Å². The Morgan fingerprint density at radius 3 is 2.62 bits per heavy atom. The average Bonchev–Trinajstić information content (AvgIpc) is 2.53. The third kappa shape index (κ3) is 4.06. The highest BCUT2D eigenvalue weighted by Gasteiger charge is 2.36. The summed E-state index contributed by atoms with van der Waals surface area (Å²) < 4.78 is 31.1. The molecule has 0 radical (unpaired) electrons. The Labute approximate surface area is 142 Å². The van der Waals surface area contributed by atoms with Crippen molar-refractivity contribution in [1.82, 2.24) is 4.90 Å². The molecule has 1 aromatic carbocycles. The Balaban J connectivity index is 2.23. The monoisotopic (exact) mass is 350 g/mol. The second-order valence-corrected chi connectivity index (χ2v) is 9.04. The lowest BCUT2D eigenvalue weighted by atomic mass is 10.1. The highest BCUT2D eigenvalue weighted by molar-refractivity contribution is 7.92. The molecular weight excluding hydrogens is 328 g/mol. The molecule has 0 saturated carbocycles. The molecule has 2 rings (SSSR count). The van der Waals surface area contributed by atoms with E-state index in [0.717, 1.165) is 0 Å². The van der Waals surface area contributed by atoms with Gasteiger partial charge < -0.3 is 9.64 Å². The number of nitrogens with zero attached hydrogens (tertiary/aromatic N) is 2. The van der Waals surface area contributed by atoms with Crippen LogP contribution >= 0.6 is 0 Å². The van der Waals surface area contributed by atoms with Crippen molar-refractivity contribution in [2.75, 3.05) is 13.1 Å². The van der Waals surface area contributed by atoms with E-state index in [2.05, 4.69) is 0 Å². The van der Waals surface area contributed by atoms with E-state index in [1.165, 1.54) is 17.0 Å². The van der Waals surface area contributed by atoms with Gasteiger partial charge in [-0.2, -0.15) is 5.26 Å². The largest absolute Gasteiger partial charge is 0.444 e. The fourth-order valence-corrected chi connectivity index (χ4v) is 4.57. The molecule has 1 fully saturated rings. The summed E-state index contributed by atoms with van der Waals surface area (Å²) in [4.78, 5) is 13.7. The summed E-state index contributed by atoms with van der Waals surface area (Å²) in [5, 5.41) is 8.42. The first kappa shape index (κ1) is 18.3. The van der Waals surface area contributed by atoms with Gasteiger partial charge in [-0.05, 0) is 45.7 Å². The van der Waals surface area contributed by atoms with Gasteiger partial charge >= 0.3 is 6.09 Å². The Kier molecular flexibility index (Phi) is 5.19. The lowest BCUT2D eigenvalue weighted by Crippen LogP contribution is -2.47. The van der Waals surface area contributed by atoms with Crippen LogP contribution in [0.4, 0.5) is 4.79 Å². The number of piperidine rings is 1. The molecular formula is C17H22N2O4S. The van der Waals surface area contributed by atoms with Gasteiger partial charge in [0.25, 0.3) is 0 Å². The molecule has 0 aliphatic carbocycles. The quantitative estimate of drug-likeness (QED) is 0.818. The molecule has 0 aromatic heterocycles. The van der Waals surface area contributed by atoms with Crippen molar-refractivity contribution in [3.05, 3.63) is 29.8 Å². The van der Waals surface area contributed by atoms with Crippen molar-refractivity contribution >= 4 is 15.9 Å². The molecule has 6 nitrogen and oxygen atoms in total. The molecule has 130 valence electrons. The zero-order chi connectivity index (χ0) is 18.0. The highest BCUT2D eigenvalue weighted by atomic mass is 32.2. The average molecular weight is 350 g/mol. The van der Waals surface area contributed by atoms with Gasteiger partial charge in [0.15, 0.2) is 9.84 Å². The molecule has 1 aliphatic heterocycles. The van der Waals surface area contributed by atoms with E-state index in [9.17, 15) is 13.2 Å². The smallest absolute Gasteiger partial charge is 0.410 e. The van der Waals surface area contributed by atoms with Crippen LogP contribution in [0.5, 0.6) is 0 Å². The number of ether oxygens (including phenoxy) is 1. The molecule has 1 aliphatic rings. The highest BCUT2D eigenvalue weighted by Crippen LogP contribution is 2.26. The van der Waals surface area contributed by atoms with Crippen LogP contribution in [0.1, 0.15) is 39.2 Å². The number of hydrogen-bond acceptors (Lipinski definition) is 5. The number of carbonyl (C=O) groups excluding carboxylic acids is 1. The van der Waals surface area contributed by atoms with Gasteiger partial charge in [0.05, 0.1) is 15.7 Å². The van der Waals surface area contributed by atoms with E-state index in [1.54, 1.807) is 32.9 Å². The summed E-state index contributed by atoms with van der Waals surface area (Å²) in [5.74, 6) is 0. The van der Waals surface area contributed by atoms with Crippen molar-refractivity contribution in [1.29, 1.82) is 5.26 Å². The molecule has 1 atom stereocenters. The standard InChI is InChI=1S/C17H22N2O4S/c1-17(2,3)23-16(20)19-10-6-8-14(12-19)24(21,22)15-9-5-4-7-13(15)11-18/h4-5,7,9,14H,6,8,10,12H2,1-3H3/t14-/m0/s1. The maximum atomic E-state index is 12.9. The fourth-order valence-electron chi connectivity index (χ4n) is 2.67. The minimum atomic E-state index is -3.69. The van der Waals surface area contributed by atoms with E-state index in [1.807, 2.05) is 6.07 Å². The molecule has 7 heteroatoms. The molecule has 0 bridgehead atoms. The maximum absolute atomic E-state index is 12.9. The molecule has 1 heterocycles. The molecule has 0 unspecified atom stereocenters. The predicted octanol–water partition coefficient (Wildman–Crippen LogP) is 2.73. The van der Waals surface area contributed by atoms with Gasteiger partial charge in [0.1, 0.15) is 11.7 Å². The number of amides is 1. The van der Waals surface area contributed by atoms with E-state index in [0.29, 0.717) is 19.4 Å². The molecule has 1 amide bonds. The Hall–Kier alpha value is -2.07. The Bertz CT molecular complexity index is 760. The number of likely N-dealkylation sites (tertiary alicyclic amines) is 1. The first-order valence-corrected chi connectivity index (χ1v) is 9.41. The number of nitriles is 1. The summed E-state index contributed by atoms with van der Waals surface area (Å²) >= 11 is 0. The zero-order valence-corrected chi connectivity index (χ0v) is 15.0. The van der Waals surface area contributed by atoms with Crippen molar-refractivity contribution in [2.45, 2.75) is 49.4 Å². The summed E-state index contributed by atoms with van der Waals surface area (Å²) in [6.07, 6.45) is 0.537. The third-order valence-electron chi connectivity index (χ3n) is 3.78. The summed E-state index contributed by atoms with van der Waals surface area (Å²) in [5.41, 5.74) is -0.497. The zero-order valence-electron chi connectivity index (χ0n) is 14.2. The number of carbonyl (C=O) groups is 1. The second-order valence-electron chi connectivity index (χ2n) is 6.84. The van der Waals surface area contributed by atoms with Crippen LogP contribution in [-0.2, 0) is 14.6 Å². The van der Waals surface area contributed by atoms with Crippen molar-refractivity contribution < 1.29 is 17.9 Å². The Morgan fingerprint density at radius 2 is 2.00 bits per heavy atom. The van der Waals surface area contributed by atoms with Crippen LogP contribution in [0.3, 0.4) is 0 Å². The van der Waals surface area contributed by atoms with Crippen molar-refractivity contribution in [3.8, 4) is 6.07 Å². The normalized spacial score (nSPS) is 18.8. The number of hydrogen-bond donors (Lipinski definition) is 0. The minimum Gasteiger partial charge on any atom is -0.444 e. The van der Waals surface area contributed by atoms with Gasteiger partial charge in [0.2, 0.25) is 0 Å². The van der Waals surface area contributed by atoms with Gasteiger partial charge in [-0.15, -0.1) is 0 Å². The topological polar surface area (TPSA) is 87.5 Å². The van der Waals surface area contributed by atoms with Crippen LogP contribution in [0.2, 0.25) is 0 Å². The van der Waals surface area contributed by atoms with E-state index in [-0.39, 0.29) is 17.0 Å². The minimum absolute atomic E-state index is 0.0311. The SMILES string of the molecule is CC(C)(C)OC(=O)N1CCC[C@H](S(=O)(=O)c2ccccc2C#N)C1. The van der Waals surface area contributed by atoms with Crippen molar-refractivity contribution in [3.63, 3.8) is 0 Å². The maximum Gasteiger partial charge on any atom is 0.410 e. The number of benzene rings is 1. The Morgan fingerprint density at radius 1 is 1.33 bits per heavy atom. The van der Waals surface area contributed by atoms with Gasteiger partial charge in [-0.3, -0.25) is 0 Å². The van der Waals surface area contributed by atoms with Crippen LogP contribution in [0, 0.1) is 11.3 Å². The summed E-state index contributed by atoms with van der Waals surface area (Å²) in [7, 11) is -3.69. The van der Waals surface area contributed by atoms with Crippen LogP contribution in [0.15, 0.2) is 29.2 Å². The summed E-state index contributed by atoms with van der Waals surface area (Å²) in [6, 6.07) is 8.08. The second kappa shape index (κ2) is 6.81. The molecule has 0 spiro atoms. The first-order valence-electron chi connectivity index (χ1n) is 7.86.